The Bertz CT molecular complexity index is 540. The van der Waals surface area contributed by atoms with Crippen LogP contribution >= 0.6 is 0 Å². The lowest BCUT2D eigenvalue weighted by Gasteiger charge is -2.11. The van der Waals surface area contributed by atoms with E-state index in [4.69, 9.17) is 10.5 Å². The normalized spacial score (nSPS) is 12.2. The van der Waals surface area contributed by atoms with Crippen LogP contribution in [0.4, 0.5) is 0 Å². The first-order valence-electron chi connectivity index (χ1n) is 7.14. The summed E-state index contributed by atoms with van der Waals surface area (Å²) in [4.78, 5) is 0. The molecule has 0 spiro atoms. The van der Waals surface area contributed by atoms with Gasteiger partial charge in [-0.2, -0.15) is 0 Å². The molecule has 2 N–H and O–H groups in total. The number of hydrogen-bond acceptors (Lipinski definition) is 2. The highest BCUT2D eigenvalue weighted by molar-refractivity contribution is 5.31. The SMILES string of the molecule is CC[C@@H](N)c1ccc(OCc2cc(C)cc(C)c2)cc1. The first kappa shape index (κ1) is 14.6. The van der Waals surface area contributed by atoms with E-state index in [1.54, 1.807) is 0 Å². The van der Waals surface area contributed by atoms with Gasteiger partial charge in [0.2, 0.25) is 0 Å². The van der Waals surface area contributed by atoms with E-state index in [-0.39, 0.29) is 6.04 Å². The molecule has 106 valence electrons. The minimum atomic E-state index is 0.114. The molecule has 0 radical (unpaired) electrons. The second-order valence-corrected chi connectivity index (χ2v) is 5.37. The maximum absolute atomic E-state index is 6.00. The second-order valence-electron chi connectivity index (χ2n) is 5.37. The van der Waals surface area contributed by atoms with Crippen molar-refractivity contribution in [3.63, 3.8) is 0 Å². The van der Waals surface area contributed by atoms with Crippen molar-refractivity contribution in [1.29, 1.82) is 0 Å². The molecule has 0 bridgehead atoms. The summed E-state index contributed by atoms with van der Waals surface area (Å²) in [6.45, 7) is 6.91. The molecule has 0 saturated heterocycles. The van der Waals surface area contributed by atoms with E-state index in [2.05, 4.69) is 39.0 Å². The smallest absolute Gasteiger partial charge is 0.119 e. The van der Waals surface area contributed by atoms with Crippen molar-refractivity contribution in [2.24, 2.45) is 5.73 Å². The number of rotatable bonds is 5. The van der Waals surface area contributed by atoms with Crippen LogP contribution in [0.2, 0.25) is 0 Å². The van der Waals surface area contributed by atoms with Gasteiger partial charge in [0.15, 0.2) is 0 Å². The monoisotopic (exact) mass is 269 g/mol. The Hall–Kier alpha value is -1.80. The predicted octanol–water partition coefficient (Wildman–Crippen LogP) is 4.29. The third-order valence-electron chi connectivity index (χ3n) is 3.44. The first-order valence-corrected chi connectivity index (χ1v) is 7.14. The Morgan fingerprint density at radius 2 is 1.60 bits per heavy atom. The van der Waals surface area contributed by atoms with Gasteiger partial charge < -0.3 is 10.5 Å². The molecule has 0 aliphatic heterocycles. The van der Waals surface area contributed by atoms with Crippen molar-refractivity contribution in [2.75, 3.05) is 0 Å². The molecule has 2 heteroatoms. The third kappa shape index (κ3) is 3.84. The third-order valence-corrected chi connectivity index (χ3v) is 3.44. The highest BCUT2D eigenvalue weighted by Gasteiger charge is 2.03. The van der Waals surface area contributed by atoms with Gasteiger partial charge in [-0.25, -0.2) is 0 Å². The van der Waals surface area contributed by atoms with Gasteiger partial charge in [0.1, 0.15) is 12.4 Å². The van der Waals surface area contributed by atoms with Gasteiger partial charge in [0.25, 0.3) is 0 Å². The molecule has 0 heterocycles. The van der Waals surface area contributed by atoms with Crippen molar-refractivity contribution in [1.82, 2.24) is 0 Å². The fourth-order valence-electron chi connectivity index (χ4n) is 2.37. The van der Waals surface area contributed by atoms with Crippen molar-refractivity contribution in [3.8, 4) is 5.75 Å². The van der Waals surface area contributed by atoms with Crippen LogP contribution in [0, 0.1) is 13.8 Å². The fourth-order valence-corrected chi connectivity index (χ4v) is 2.37. The van der Waals surface area contributed by atoms with Crippen LogP contribution in [0.5, 0.6) is 5.75 Å². The summed E-state index contributed by atoms with van der Waals surface area (Å²) in [6, 6.07) is 14.7. The van der Waals surface area contributed by atoms with Gasteiger partial charge in [0, 0.05) is 6.04 Å². The summed E-state index contributed by atoms with van der Waals surface area (Å²) in [7, 11) is 0. The zero-order chi connectivity index (χ0) is 14.5. The van der Waals surface area contributed by atoms with Crippen LogP contribution in [0.25, 0.3) is 0 Å². The summed E-state index contributed by atoms with van der Waals surface area (Å²) in [5.41, 5.74) is 10.9. The van der Waals surface area contributed by atoms with Crippen molar-refractivity contribution >= 4 is 0 Å². The van der Waals surface area contributed by atoms with E-state index < -0.39 is 0 Å². The molecule has 2 nitrogen and oxygen atoms in total. The molecule has 2 aromatic carbocycles. The summed E-state index contributed by atoms with van der Waals surface area (Å²) >= 11 is 0. The Labute approximate surface area is 121 Å². The molecule has 2 aromatic rings. The van der Waals surface area contributed by atoms with Crippen LogP contribution < -0.4 is 10.5 Å². The van der Waals surface area contributed by atoms with E-state index in [0.29, 0.717) is 6.61 Å². The van der Waals surface area contributed by atoms with E-state index in [1.165, 1.54) is 16.7 Å². The Kier molecular flexibility index (Phi) is 4.80. The van der Waals surface area contributed by atoms with Gasteiger partial charge >= 0.3 is 0 Å². The number of ether oxygens (including phenoxy) is 1. The minimum absolute atomic E-state index is 0.114. The van der Waals surface area contributed by atoms with Crippen LogP contribution in [0.1, 0.15) is 41.6 Å². The Morgan fingerprint density at radius 3 is 2.15 bits per heavy atom. The highest BCUT2D eigenvalue weighted by Crippen LogP contribution is 2.19. The maximum Gasteiger partial charge on any atom is 0.119 e. The molecule has 0 aliphatic rings. The molecular weight excluding hydrogens is 246 g/mol. The van der Waals surface area contributed by atoms with Crippen molar-refractivity contribution in [2.45, 2.75) is 39.8 Å². The van der Waals surface area contributed by atoms with Crippen molar-refractivity contribution < 1.29 is 4.74 Å². The molecule has 1 atom stereocenters. The van der Waals surface area contributed by atoms with Gasteiger partial charge in [-0.1, -0.05) is 48.4 Å². The van der Waals surface area contributed by atoms with E-state index in [9.17, 15) is 0 Å². The largest absolute Gasteiger partial charge is 0.489 e. The lowest BCUT2D eigenvalue weighted by molar-refractivity contribution is 0.306. The number of hydrogen-bond donors (Lipinski definition) is 1. The van der Waals surface area contributed by atoms with Crippen LogP contribution in [0.15, 0.2) is 42.5 Å². The Balaban J connectivity index is 2.00. The second kappa shape index (κ2) is 6.58. The maximum atomic E-state index is 6.00. The minimum Gasteiger partial charge on any atom is -0.489 e. The van der Waals surface area contributed by atoms with Gasteiger partial charge in [-0.3, -0.25) is 0 Å². The zero-order valence-electron chi connectivity index (χ0n) is 12.5. The number of benzene rings is 2. The zero-order valence-corrected chi connectivity index (χ0v) is 12.5. The van der Waals surface area contributed by atoms with E-state index >= 15 is 0 Å². The summed E-state index contributed by atoms with van der Waals surface area (Å²) in [6.07, 6.45) is 0.947. The first-order chi connectivity index (χ1) is 9.58. The number of nitrogens with two attached hydrogens (primary N) is 1. The molecule has 0 aliphatic carbocycles. The average Bonchev–Trinajstić information content (AvgIpc) is 2.44. The van der Waals surface area contributed by atoms with Crippen LogP contribution in [-0.2, 0) is 6.61 Å². The van der Waals surface area contributed by atoms with Crippen molar-refractivity contribution in [3.05, 3.63) is 64.7 Å². The standard InChI is InChI=1S/C18H23NO/c1-4-18(19)16-5-7-17(8-6-16)20-12-15-10-13(2)9-14(3)11-15/h5-11,18H,4,12,19H2,1-3H3/t18-/m1/s1. The molecule has 0 amide bonds. The molecule has 0 saturated carbocycles. The molecule has 20 heavy (non-hydrogen) atoms. The van der Waals surface area contributed by atoms with E-state index in [0.717, 1.165) is 17.7 Å². The quantitative estimate of drug-likeness (QED) is 0.878. The van der Waals surface area contributed by atoms with E-state index in [1.807, 2.05) is 24.3 Å². The van der Waals surface area contributed by atoms with Gasteiger partial charge in [-0.05, 0) is 43.5 Å². The van der Waals surface area contributed by atoms with Gasteiger partial charge in [-0.15, -0.1) is 0 Å². The lowest BCUT2D eigenvalue weighted by atomic mass is 10.1. The van der Waals surface area contributed by atoms with Crippen LogP contribution in [0.3, 0.4) is 0 Å². The summed E-state index contributed by atoms with van der Waals surface area (Å²) < 4.78 is 5.83. The van der Waals surface area contributed by atoms with Gasteiger partial charge in [0.05, 0.1) is 0 Å². The summed E-state index contributed by atoms with van der Waals surface area (Å²) in [5, 5.41) is 0. The average molecular weight is 269 g/mol. The molecule has 0 aromatic heterocycles. The Morgan fingerprint density at radius 1 is 1.00 bits per heavy atom. The number of aryl methyl sites for hydroxylation is 2. The predicted molar refractivity (Wildman–Crippen MR) is 83.9 cm³/mol. The molecular formula is C18H23NO. The highest BCUT2D eigenvalue weighted by atomic mass is 16.5. The molecule has 0 unspecified atom stereocenters. The molecule has 0 fully saturated rings. The topological polar surface area (TPSA) is 35.2 Å². The molecule has 2 rings (SSSR count). The summed E-state index contributed by atoms with van der Waals surface area (Å²) in [5.74, 6) is 0.885. The fraction of sp³-hybridized carbons (Fsp3) is 0.333. The lowest BCUT2D eigenvalue weighted by Crippen LogP contribution is -2.08. The van der Waals surface area contributed by atoms with Crippen LogP contribution in [-0.4, -0.2) is 0 Å².